The Morgan fingerprint density at radius 3 is 2.80 bits per heavy atom. The summed E-state index contributed by atoms with van der Waals surface area (Å²) < 4.78 is 5.71. The molecule has 1 aromatic heterocycles. The van der Waals surface area contributed by atoms with Crippen LogP contribution in [0.25, 0.3) is 0 Å². The van der Waals surface area contributed by atoms with Crippen LogP contribution in [0.1, 0.15) is 37.9 Å². The van der Waals surface area contributed by atoms with E-state index in [4.69, 9.17) is 4.74 Å². The van der Waals surface area contributed by atoms with Crippen molar-refractivity contribution in [2.24, 2.45) is 0 Å². The van der Waals surface area contributed by atoms with Gasteiger partial charge in [-0.3, -0.25) is 0 Å². The summed E-state index contributed by atoms with van der Waals surface area (Å²) in [7, 11) is 0. The molecule has 0 amide bonds. The summed E-state index contributed by atoms with van der Waals surface area (Å²) in [6.07, 6.45) is 1.01. The van der Waals surface area contributed by atoms with E-state index in [1.165, 1.54) is 0 Å². The van der Waals surface area contributed by atoms with Gasteiger partial charge >= 0.3 is 0 Å². The van der Waals surface area contributed by atoms with Crippen molar-refractivity contribution in [2.45, 2.75) is 46.4 Å². The molecule has 0 fully saturated rings. The van der Waals surface area contributed by atoms with E-state index in [0.29, 0.717) is 0 Å². The number of nitrogens with zero attached hydrogens (tertiary/aromatic N) is 2. The Morgan fingerprint density at radius 1 is 1.33 bits per heavy atom. The second-order valence-electron chi connectivity index (χ2n) is 3.99. The van der Waals surface area contributed by atoms with Crippen LogP contribution in [0.2, 0.25) is 0 Å². The molecule has 0 saturated carbocycles. The zero-order chi connectivity index (χ0) is 10.8. The number of aromatic nitrogens is 2. The third kappa shape index (κ3) is 2.09. The predicted molar refractivity (Wildman–Crippen MR) is 57.7 cm³/mol. The molecule has 1 aromatic rings. The van der Waals surface area contributed by atoms with Gasteiger partial charge in [-0.15, -0.1) is 0 Å². The Morgan fingerprint density at radius 2 is 2.13 bits per heavy atom. The Kier molecular flexibility index (Phi) is 2.86. The third-order valence-corrected chi connectivity index (χ3v) is 2.36. The molecule has 0 spiro atoms. The van der Waals surface area contributed by atoms with Crippen LogP contribution in [0.3, 0.4) is 0 Å². The highest BCUT2D eigenvalue weighted by atomic mass is 16.5. The number of aryl methyl sites for hydroxylation is 1. The first-order valence-electron chi connectivity index (χ1n) is 5.46. The van der Waals surface area contributed by atoms with Crippen LogP contribution in [0.15, 0.2) is 0 Å². The number of hydrogen-bond donors (Lipinski definition) is 1. The Hall–Kier alpha value is -1.16. The van der Waals surface area contributed by atoms with E-state index >= 15 is 0 Å². The molecule has 0 bridgehead atoms. The minimum atomic E-state index is 0.161. The zero-order valence-corrected chi connectivity index (χ0v) is 9.50. The van der Waals surface area contributed by atoms with Crippen molar-refractivity contribution in [3.63, 3.8) is 0 Å². The molecule has 82 valence electrons. The van der Waals surface area contributed by atoms with Gasteiger partial charge in [0.1, 0.15) is 5.82 Å². The first-order chi connectivity index (χ1) is 7.20. The van der Waals surface area contributed by atoms with Gasteiger partial charge in [0.15, 0.2) is 0 Å². The van der Waals surface area contributed by atoms with Gasteiger partial charge < -0.3 is 10.1 Å². The molecule has 0 unspecified atom stereocenters. The van der Waals surface area contributed by atoms with Crippen molar-refractivity contribution < 1.29 is 4.74 Å². The highest BCUT2D eigenvalue weighted by molar-refractivity contribution is 5.34. The molecule has 1 aliphatic rings. The lowest BCUT2D eigenvalue weighted by atomic mass is 10.2. The molecule has 0 atom stereocenters. The molecule has 2 rings (SSSR count). The average Bonchev–Trinajstić information content (AvgIpc) is 2.64. The van der Waals surface area contributed by atoms with Crippen LogP contribution in [0.5, 0.6) is 5.88 Å². The molecule has 0 radical (unpaired) electrons. The first kappa shape index (κ1) is 10.4. The van der Waals surface area contributed by atoms with Gasteiger partial charge in [-0.2, -0.15) is 4.98 Å². The number of ether oxygens (including phenoxy) is 1. The number of fused-ring (bicyclic) bond motifs is 1. The van der Waals surface area contributed by atoms with Gasteiger partial charge in [-0.1, -0.05) is 6.92 Å². The van der Waals surface area contributed by atoms with Crippen LogP contribution < -0.4 is 10.1 Å². The van der Waals surface area contributed by atoms with Crippen molar-refractivity contribution in [1.82, 2.24) is 15.3 Å². The maximum absolute atomic E-state index is 5.71. The molecule has 1 aliphatic heterocycles. The maximum atomic E-state index is 5.71. The summed E-state index contributed by atoms with van der Waals surface area (Å²) in [6.45, 7) is 7.74. The van der Waals surface area contributed by atoms with Crippen LogP contribution in [0.4, 0.5) is 0 Å². The van der Waals surface area contributed by atoms with Crippen molar-refractivity contribution in [3.8, 4) is 5.88 Å². The normalized spacial score (nSPS) is 14.4. The predicted octanol–water partition coefficient (Wildman–Crippen LogP) is 1.43. The first-order valence-corrected chi connectivity index (χ1v) is 5.46. The fourth-order valence-electron chi connectivity index (χ4n) is 1.67. The van der Waals surface area contributed by atoms with E-state index in [0.717, 1.165) is 42.5 Å². The monoisotopic (exact) mass is 207 g/mol. The lowest BCUT2D eigenvalue weighted by Crippen LogP contribution is -2.11. The topological polar surface area (TPSA) is 47.0 Å². The van der Waals surface area contributed by atoms with E-state index in [9.17, 15) is 0 Å². The summed E-state index contributed by atoms with van der Waals surface area (Å²) in [5, 5.41) is 3.27. The minimum Gasteiger partial charge on any atom is -0.475 e. The van der Waals surface area contributed by atoms with Gasteiger partial charge in [-0.25, -0.2) is 4.98 Å². The second kappa shape index (κ2) is 4.14. The van der Waals surface area contributed by atoms with Crippen molar-refractivity contribution in [1.29, 1.82) is 0 Å². The maximum Gasteiger partial charge on any atom is 0.221 e. The molecule has 0 aliphatic carbocycles. The summed E-state index contributed by atoms with van der Waals surface area (Å²) in [5.41, 5.74) is 2.22. The zero-order valence-electron chi connectivity index (χ0n) is 9.50. The summed E-state index contributed by atoms with van der Waals surface area (Å²) in [5.74, 6) is 1.63. The fourth-order valence-corrected chi connectivity index (χ4v) is 1.67. The van der Waals surface area contributed by atoms with E-state index in [2.05, 4.69) is 22.2 Å². The molecule has 0 saturated heterocycles. The largest absolute Gasteiger partial charge is 0.475 e. The van der Waals surface area contributed by atoms with Crippen LogP contribution in [-0.4, -0.2) is 16.1 Å². The van der Waals surface area contributed by atoms with Crippen molar-refractivity contribution >= 4 is 0 Å². The van der Waals surface area contributed by atoms with Crippen LogP contribution in [0, 0.1) is 0 Å². The summed E-state index contributed by atoms with van der Waals surface area (Å²) >= 11 is 0. The number of nitrogens with one attached hydrogen (secondary N) is 1. The van der Waals surface area contributed by atoms with Gasteiger partial charge in [0.05, 0.1) is 17.4 Å². The number of hydrogen-bond acceptors (Lipinski definition) is 4. The van der Waals surface area contributed by atoms with Gasteiger partial charge in [-0.05, 0) is 13.8 Å². The fraction of sp³-hybridized carbons (Fsp3) is 0.636. The van der Waals surface area contributed by atoms with E-state index < -0.39 is 0 Å². The molecule has 15 heavy (non-hydrogen) atoms. The average molecular weight is 207 g/mol. The van der Waals surface area contributed by atoms with E-state index in [1.807, 2.05) is 13.8 Å². The third-order valence-electron chi connectivity index (χ3n) is 2.36. The SMILES string of the molecule is CCc1nc2c(c(OC(C)C)n1)CNC2. The minimum absolute atomic E-state index is 0.161. The van der Waals surface area contributed by atoms with Crippen LogP contribution in [-0.2, 0) is 19.5 Å². The highest BCUT2D eigenvalue weighted by Gasteiger charge is 2.20. The molecule has 4 heteroatoms. The van der Waals surface area contributed by atoms with Gasteiger partial charge in [0, 0.05) is 19.5 Å². The Bertz CT molecular complexity index is 363. The standard InChI is InChI=1S/C11H17N3O/c1-4-10-13-9-6-12-5-8(9)11(14-10)15-7(2)3/h7,12H,4-6H2,1-3H3. The van der Waals surface area contributed by atoms with Gasteiger partial charge in [0.25, 0.3) is 0 Å². The molecule has 2 heterocycles. The number of rotatable bonds is 3. The molecule has 1 N–H and O–H groups in total. The summed E-state index contributed by atoms with van der Waals surface area (Å²) in [4.78, 5) is 8.92. The molecular weight excluding hydrogens is 190 g/mol. The van der Waals surface area contributed by atoms with Crippen LogP contribution >= 0.6 is 0 Å². The smallest absolute Gasteiger partial charge is 0.221 e. The van der Waals surface area contributed by atoms with E-state index in [-0.39, 0.29) is 6.10 Å². The van der Waals surface area contributed by atoms with Crippen molar-refractivity contribution in [3.05, 3.63) is 17.1 Å². The summed E-state index contributed by atoms with van der Waals surface area (Å²) in [6, 6.07) is 0. The van der Waals surface area contributed by atoms with Gasteiger partial charge in [0.2, 0.25) is 5.88 Å². The molecule has 4 nitrogen and oxygen atoms in total. The van der Waals surface area contributed by atoms with E-state index in [1.54, 1.807) is 0 Å². The Labute approximate surface area is 90.1 Å². The highest BCUT2D eigenvalue weighted by Crippen LogP contribution is 2.24. The Balaban J connectivity index is 2.38. The molecular formula is C11H17N3O. The quantitative estimate of drug-likeness (QED) is 0.814. The van der Waals surface area contributed by atoms with Crippen molar-refractivity contribution in [2.75, 3.05) is 0 Å². The second-order valence-corrected chi connectivity index (χ2v) is 3.99. The lowest BCUT2D eigenvalue weighted by Gasteiger charge is -2.12. The molecule has 0 aromatic carbocycles. The lowest BCUT2D eigenvalue weighted by molar-refractivity contribution is 0.229.